The van der Waals surface area contributed by atoms with Gasteiger partial charge in [0.25, 0.3) is 0 Å². The van der Waals surface area contributed by atoms with Gasteiger partial charge < -0.3 is 10.6 Å². The van der Waals surface area contributed by atoms with Crippen molar-refractivity contribution in [2.24, 2.45) is 0 Å². The molecule has 0 saturated heterocycles. The summed E-state index contributed by atoms with van der Waals surface area (Å²) in [6.07, 6.45) is 1.48. The van der Waals surface area contributed by atoms with E-state index < -0.39 is 5.54 Å². The highest BCUT2D eigenvalue weighted by molar-refractivity contribution is 5.49. The van der Waals surface area contributed by atoms with Crippen molar-refractivity contribution in [2.75, 3.05) is 10.6 Å². The van der Waals surface area contributed by atoms with Gasteiger partial charge in [0.2, 0.25) is 0 Å². The minimum atomic E-state index is -0.662. The number of nitrogens with one attached hydrogen (secondary N) is 2. The maximum absolute atomic E-state index is 9.01. The number of hydrogen-bond donors (Lipinski definition) is 2. The Labute approximate surface area is 118 Å². The molecule has 0 spiro atoms. The van der Waals surface area contributed by atoms with E-state index in [1.54, 1.807) is 19.9 Å². The van der Waals surface area contributed by atoms with Crippen molar-refractivity contribution in [3.63, 3.8) is 0 Å². The van der Waals surface area contributed by atoms with E-state index in [2.05, 4.69) is 26.7 Å². The van der Waals surface area contributed by atoms with Crippen LogP contribution >= 0.6 is 0 Å². The SMILES string of the molecule is CC(C)(C#N)Nc1cc(NCc2ccccc2)ncn1. The maximum Gasteiger partial charge on any atom is 0.132 e. The van der Waals surface area contributed by atoms with Crippen molar-refractivity contribution in [1.29, 1.82) is 5.26 Å². The van der Waals surface area contributed by atoms with Crippen LogP contribution < -0.4 is 10.6 Å². The van der Waals surface area contributed by atoms with Gasteiger partial charge >= 0.3 is 0 Å². The lowest BCUT2D eigenvalue weighted by molar-refractivity contribution is 0.723. The molecule has 5 heteroatoms. The minimum absolute atomic E-state index is 0.627. The quantitative estimate of drug-likeness (QED) is 0.871. The predicted molar refractivity (Wildman–Crippen MR) is 79.1 cm³/mol. The number of benzene rings is 1. The van der Waals surface area contributed by atoms with Crippen molar-refractivity contribution in [3.8, 4) is 6.07 Å². The summed E-state index contributed by atoms with van der Waals surface area (Å²) in [6.45, 7) is 4.29. The molecule has 1 heterocycles. The van der Waals surface area contributed by atoms with Crippen LogP contribution in [-0.2, 0) is 6.54 Å². The van der Waals surface area contributed by atoms with Crippen LogP contribution in [-0.4, -0.2) is 15.5 Å². The van der Waals surface area contributed by atoms with Crippen LogP contribution in [0.15, 0.2) is 42.7 Å². The highest BCUT2D eigenvalue weighted by atomic mass is 15.1. The largest absolute Gasteiger partial charge is 0.366 e. The van der Waals surface area contributed by atoms with Gasteiger partial charge in [-0.25, -0.2) is 9.97 Å². The van der Waals surface area contributed by atoms with Crippen LogP contribution in [0.2, 0.25) is 0 Å². The summed E-state index contributed by atoms with van der Waals surface area (Å²) in [6, 6.07) is 14.0. The van der Waals surface area contributed by atoms with Crippen LogP contribution in [0.3, 0.4) is 0 Å². The molecule has 0 unspecified atom stereocenters. The summed E-state index contributed by atoms with van der Waals surface area (Å²) in [7, 11) is 0. The molecule has 0 amide bonds. The van der Waals surface area contributed by atoms with E-state index in [0.717, 1.165) is 5.82 Å². The van der Waals surface area contributed by atoms with E-state index in [0.29, 0.717) is 12.4 Å². The third kappa shape index (κ3) is 3.95. The molecule has 2 rings (SSSR count). The molecule has 20 heavy (non-hydrogen) atoms. The van der Waals surface area contributed by atoms with Crippen LogP contribution in [0.5, 0.6) is 0 Å². The molecule has 1 aromatic carbocycles. The van der Waals surface area contributed by atoms with Crippen LogP contribution in [0.4, 0.5) is 11.6 Å². The first kappa shape index (κ1) is 13.8. The average molecular weight is 267 g/mol. The number of anilines is 2. The number of nitriles is 1. The topological polar surface area (TPSA) is 73.6 Å². The van der Waals surface area contributed by atoms with E-state index in [1.165, 1.54) is 11.9 Å². The van der Waals surface area contributed by atoms with Gasteiger partial charge in [-0.15, -0.1) is 0 Å². The molecule has 0 atom stereocenters. The monoisotopic (exact) mass is 267 g/mol. The Kier molecular flexibility index (Phi) is 4.16. The zero-order chi connectivity index (χ0) is 14.4. The third-order valence-corrected chi connectivity index (χ3v) is 2.70. The lowest BCUT2D eigenvalue weighted by atomic mass is 10.1. The summed E-state index contributed by atoms with van der Waals surface area (Å²) in [5.74, 6) is 1.35. The van der Waals surface area contributed by atoms with Gasteiger partial charge in [-0.3, -0.25) is 0 Å². The lowest BCUT2D eigenvalue weighted by Crippen LogP contribution is -2.29. The van der Waals surface area contributed by atoms with E-state index >= 15 is 0 Å². The van der Waals surface area contributed by atoms with Gasteiger partial charge in [-0.1, -0.05) is 30.3 Å². The lowest BCUT2D eigenvalue weighted by Gasteiger charge is -2.18. The molecular formula is C15H17N5. The molecule has 0 radical (unpaired) electrons. The van der Waals surface area contributed by atoms with Crippen LogP contribution in [0.1, 0.15) is 19.4 Å². The fourth-order valence-electron chi connectivity index (χ4n) is 1.66. The first-order valence-corrected chi connectivity index (χ1v) is 6.38. The average Bonchev–Trinajstić information content (AvgIpc) is 2.46. The zero-order valence-corrected chi connectivity index (χ0v) is 11.6. The molecule has 0 aliphatic carbocycles. The Hall–Kier alpha value is -2.61. The minimum Gasteiger partial charge on any atom is -0.366 e. The van der Waals surface area contributed by atoms with E-state index in [1.807, 2.05) is 30.3 Å². The summed E-state index contributed by atoms with van der Waals surface area (Å²) >= 11 is 0. The number of aromatic nitrogens is 2. The van der Waals surface area contributed by atoms with E-state index in [4.69, 9.17) is 5.26 Å². The molecule has 5 nitrogen and oxygen atoms in total. The van der Waals surface area contributed by atoms with Gasteiger partial charge in [0, 0.05) is 12.6 Å². The molecule has 0 bridgehead atoms. The molecule has 0 fully saturated rings. The molecular weight excluding hydrogens is 250 g/mol. The van der Waals surface area contributed by atoms with Crippen LogP contribution in [0, 0.1) is 11.3 Å². The number of rotatable bonds is 5. The Morgan fingerprint density at radius 3 is 2.55 bits per heavy atom. The van der Waals surface area contributed by atoms with E-state index in [9.17, 15) is 0 Å². The second kappa shape index (κ2) is 6.02. The molecule has 2 N–H and O–H groups in total. The van der Waals surface area contributed by atoms with E-state index in [-0.39, 0.29) is 0 Å². The van der Waals surface area contributed by atoms with Crippen molar-refractivity contribution in [2.45, 2.75) is 25.9 Å². The first-order valence-electron chi connectivity index (χ1n) is 6.38. The molecule has 102 valence electrons. The molecule has 2 aromatic rings. The second-order valence-electron chi connectivity index (χ2n) is 4.99. The van der Waals surface area contributed by atoms with Gasteiger partial charge in [0.05, 0.1) is 6.07 Å². The third-order valence-electron chi connectivity index (χ3n) is 2.70. The Balaban J connectivity index is 2.02. The Morgan fingerprint density at radius 2 is 1.85 bits per heavy atom. The molecule has 0 aliphatic rings. The summed E-state index contributed by atoms with van der Waals surface area (Å²) in [4.78, 5) is 8.28. The molecule has 1 aromatic heterocycles. The van der Waals surface area contributed by atoms with Crippen molar-refractivity contribution < 1.29 is 0 Å². The summed E-state index contributed by atoms with van der Waals surface area (Å²) in [5, 5.41) is 15.3. The second-order valence-corrected chi connectivity index (χ2v) is 4.99. The summed E-state index contributed by atoms with van der Waals surface area (Å²) in [5.41, 5.74) is 0.517. The van der Waals surface area contributed by atoms with Gasteiger partial charge in [-0.2, -0.15) is 5.26 Å². The number of hydrogen-bond acceptors (Lipinski definition) is 5. The van der Waals surface area contributed by atoms with Crippen molar-refractivity contribution in [3.05, 3.63) is 48.3 Å². The summed E-state index contributed by atoms with van der Waals surface area (Å²) < 4.78 is 0. The highest BCUT2D eigenvalue weighted by Crippen LogP contribution is 2.14. The van der Waals surface area contributed by atoms with Crippen molar-refractivity contribution >= 4 is 11.6 Å². The number of nitrogens with zero attached hydrogens (tertiary/aromatic N) is 3. The van der Waals surface area contributed by atoms with Gasteiger partial charge in [0.1, 0.15) is 23.5 Å². The van der Waals surface area contributed by atoms with Gasteiger partial charge in [-0.05, 0) is 19.4 Å². The normalized spacial score (nSPS) is 10.7. The fraction of sp³-hybridized carbons (Fsp3) is 0.267. The standard InChI is InChI=1S/C15H17N5/c1-15(2,10-16)20-14-8-13(18-11-19-14)17-9-12-6-4-3-5-7-12/h3-8,11H,9H2,1-2H3,(H2,17,18,19,20). The zero-order valence-electron chi connectivity index (χ0n) is 11.6. The highest BCUT2D eigenvalue weighted by Gasteiger charge is 2.16. The van der Waals surface area contributed by atoms with Crippen LogP contribution in [0.25, 0.3) is 0 Å². The maximum atomic E-state index is 9.01. The smallest absolute Gasteiger partial charge is 0.132 e. The van der Waals surface area contributed by atoms with Crippen molar-refractivity contribution in [1.82, 2.24) is 9.97 Å². The predicted octanol–water partition coefficient (Wildman–Crippen LogP) is 2.80. The Bertz CT molecular complexity index is 601. The van der Waals surface area contributed by atoms with Gasteiger partial charge in [0.15, 0.2) is 0 Å². The first-order chi connectivity index (χ1) is 9.59. The Morgan fingerprint density at radius 1 is 1.15 bits per heavy atom. The fourth-order valence-corrected chi connectivity index (χ4v) is 1.66. The molecule has 0 saturated carbocycles. The molecule has 0 aliphatic heterocycles.